The number of carbonyl (C=O) groups is 3. The molecule has 1 aromatic carbocycles. The summed E-state index contributed by atoms with van der Waals surface area (Å²) in [5.41, 5.74) is -1.86. The van der Waals surface area contributed by atoms with Crippen LogP contribution in [0.1, 0.15) is 51.8 Å². The zero-order valence-electron chi connectivity index (χ0n) is 14.4. The zero-order valence-corrected chi connectivity index (χ0v) is 14.4. The van der Waals surface area contributed by atoms with Crippen molar-refractivity contribution >= 4 is 17.7 Å². The number of benzene rings is 1. The molecule has 0 unspecified atom stereocenters. The third kappa shape index (κ3) is 3.28. The lowest BCUT2D eigenvalue weighted by molar-refractivity contribution is 0.0375. The van der Waals surface area contributed by atoms with Gasteiger partial charge in [-0.05, 0) is 39.0 Å². The maximum atomic E-state index is 12.5. The van der Waals surface area contributed by atoms with Crippen molar-refractivity contribution in [2.24, 2.45) is 0 Å². The number of carbonyl (C=O) groups excluding carboxylic acids is 3. The molecule has 2 rings (SSSR count). The maximum absolute atomic E-state index is 12.5. The molecule has 1 aliphatic rings. The predicted octanol–water partition coefficient (Wildman–Crippen LogP) is -0.473. The molecule has 8 nitrogen and oxygen atoms in total. The Balaban J connectivity index is 2.35. The number of nitrogens with zero attached hydrogens (tertiary/aromatic N) is 1. The molecule has 0 saturated heterocycles. The minimum absolute atomic E-state index is 0.0791. The Bertz CT molecular complexity index is 710. The van der Waals surface area contributed by atoms with Crippen LogP contribution in [0.4, 0.5) is 0 Å². The van der Waals surface area contributed by atoms with E-state index in [9.17, 15) is 29.7 Å². The molecule has 1 aromatic rings. The van der Waals surface area contributed by atoms with Crippen molar-refractivity contribution in [2.75, 3.05) is 19.8 Å². The molecule has 1 aliphatic heterocycles. The van der Waals surface area contributed by atoms with Gasteiger partial charge in [0.15, 0.2) is 0 Å². The van der Waals surface area contributed by atoms with Gasteiger partial charge in [-0.15, -0.1) is 0 Å². The molecule has 136 valence electrons. The first-order chi connectivity index (χ1) is 11.6. The molecule has 1 heterocycles. The summed E-state index contributed by atoms with van der Waals surface area (Å²) in [6, 6.07) is 4.07. The molecule has 0 radical (unpaired) electrons. The Morgan fingerprint density at radius 3 is 2.00 bits per heavy atom. The minimum atomic E-state index is -1.58. The van der Waals surface area contributed by atoms with Gasteiger partial charge in [0.2, 0.25) is 0 Å². The average molecular weight is 350 g/mol. The van der Waals surface area contributed by atoms with Crippen LogP contribution in [0.15, 0.2) is 18.2 Å². The molecule has 0 bridgehead atoms. The Labute approximate surface area is 145 Å². The van der Waals surface area contributed by atoms with Crippen LogP contribution in [-0.4, -0.2) is 68.8 Å². The van der Waals surface area contributed by atoms with Gasteiger partial charge >= 0.3 is 0 Å². The van der Waals surface area contributed by atoms with Gasteiger partial charge in [-0.25, -0.2) is 0 Å². The third-order valence-electron chi connectivity index (χ3n) is 4.11. The van der Waals surface area contributed by atoms with Gasteiger partial charge in [-0.2, -0.15) is 0 Å². The molecule has 0 atom stereocenters. The van der Waals surface area contributed by atoms with Crippen LogP contribution in [0, 0.1) is 0 Å². The first kappa shape index (κ1) is 19.0. The first-order valence-corrected chi connectivity index (χ1v) is 7.78. The van der Waals surface area contributed by atoms with Gasteiger partial charge in [0.25, 0.3) is 17.7 Å². The largest absolute Gasteiger partial charge is 0.394 e. The van der Waals surface area contributed by atoms with Crippen molar-refractivity contribution in [3.8, 4) is 0 Å². The van der Waals surface area contributed by atoms with E-state index < -0.39 is 48.6 Å². The van der Waals surface area contributed by atoms with E-state index in [0.29, 0.717) is 0 Å². The molecule has 0 spiro atoms. The van der Waals surface area contributed by atoms with Gasteiger partial charge in [0.05, 0.1) is 30.9 Å². The molecular formula is C17H22N2O6. The highest BCUT2D eigenvalue weighted by Gasteiger charge is 2.42. The molecule has 0 fully saturated rings. The number of imide groups is 1. The molecule has 0 saturated carbocycles. The number of rotatable bonds is 5. The van der Waals surface area contributed by atoms with Crippen LogP contribution in [0.5, 0.6) is 0 Å². The number of amides is 3. The molecule has 4 N–H and O–H groups in total. The van der Waals surface area contributed by atoms with Crippen molar-refractivity contribution in [2.45, 2.75) is 31.8 Å². The lowest BCUT2D eigenvalue weighted by atomic mass is 10.0. The summed E-state index contributed by atoms with van der Waals surface area (Å²) >= 11 is 0. The van der Waals surface area contributed by atoms with E-state index >= 15 is 0 Å². The predicted molar refractivity (Wildman–Crippen MR) is 88.1 cm³/mol. The standard InChI is InChI=1S/C17H22N2O6/c1-16(2,3)19-14(24)11-5-4-10(6-12(11)15(19)25)13(23)18-17(7-20,8-21)9-22/h4-6,20-22H,7-9H2,1-3H3,(H,18,23). The number of aliphatic hydroxyl groups excluding tert-OH is 3. The van der Waals surface area contributed by atoms with E-state index in [4.69, 9.17) is 0 Å². The molecule has 25 heavy (non-hydrogen) atoms. The van der Waals surface area contributed by atoms with E-state index in [1.54, 1.807) is 20.8 Å². The van der Waals surface area contributed by atoms with Gasteiger partial charge in [0.1, 0.15) is 5.54 Å². The topological polar surface area (TPSA) is 127 Å². The second-order valence-corrected chi connectivity index (χ2v) is 7.09. The van der Waals surface area contributed by atoms with Crippen LogP contribution in [0.3, 0.4) is 0 Å². The van der Waals surface area contributed by atoms with Crippen LogP contribution in [-0.2, 0) is 0 Å². The van der Waals surface area contributed by atoms with Gasteiger partial charge < -0.3 is 20.6 Å². The van der Waals surface area contributed by atoms with Crippen LogP contribution >= 0.6 is 0 Å². The van der Waals surface area contributed by atoms with Gasteiger partial charge in [-0.1, -0.05) is 0 Å². The SMILES string of the molecule is CC(C)(C)N1C(=O)c2ccc(C(=O)NC(CO)(CO)CO)cc2C1=O. The van der Waals surface area contributed by atoms with E-state index in [1.807, 2.05) is 0 Å². The number of hydrogen-bond acceptors (Lipinski definition) is 6. The van der Waals surface area contributed by atoms with Crippen LogP contribution in [0.2, 0.25) is 0 Å². The highest BCUT2D eigenvalue weighted by atomic mass is 16.3. The zero-order chi connectivity index (χ0) is 19.0. The van der Waals surface area contributed by atoms with E-state index in [-0.39, 0.29) is 16.7 Å². The van der Waals surface area contributed by atoms with Crippen LogP contribution in [0.25, 0.3) is 0 Å². The second kappa shape index (κ2) is 6.55. The van der Waals surface area contributed by atoms with Crippen LogP contribution < -0.4 is 5.32 Å². The van der Waals surface area contributed by atoms with E-state index in [1.165, 1.54) is 18.2 Å². The summed E-state index contributed by atoms with van der Waals surface area (Å²) in [6.45, 7) is 3.23. The summed E-state index contributed by atoms with van der Waals surface area (Å²) in [5, 5.41) is 30.2. The van der Waals surface area contributed by atoms with Crippen molar-refractivity contribution in [3.05, 3.63) is 34.9 Å². The quantitative estimate of drug-likeness (QED) is 0.532. The molecule has 3 amide bonds. The number of nitrogens with one attached hydrogen (secondary N) is 1. The summed E-state index contributed by atoms with van der Waals surface area (Å²) in [4.78, 5) is 38.4. The number of aliphatic hydroxyl groups is 3. The minimum Gasteiger partial charge on any atom is -0.394 e. The van der Waals surface area contributed by atoms with E-state index in [2.05, 4.69) is 5.32 Å². The summed E-state index contributed by atoms with van der Waals surface area (Å²) in [7, 11) is 0. The Kier molecular flexibility index (Phi) is 4.99. The number of fused-ring (bicyclic) bond motifs is 1. The summed E-state index contributed by atoms with van der Waals surface area (Å²) < 4.78 is 0. The Hall–Kier alpha value is -2.29. The smallest absolute Gasteiger partial charge is 0.262 e. The fraction of sp³-hybridized carbons (Fsp3) is 0.471. The highest BCUT2D eigenvalue weighted by molar-refractivity contribution is 6.22. The van der Waals surface area contributed by atoms with E-state index in [0.717, 1.165) is 4.90 Å². The lowest BCUT2D eigenvalue weighted by Gasteiger charge is -2.29. The van der Waals surface area contributed by atoms with Crippen molar-refractivity contribution < 1.29 is 29.7 Å². The maximum Gasteiger partial charge on any atom is 0.262 e. The molecule has 0 aromatic heterocycles. The van der Waals surface area contributed by atoms with Gasteiger partial charge in [-0.3, -0.25) is 19.3 Å². The first-order valence-electron chi connectivity index (χ1n) is 7.78. The lowest BCUT2D eigenvalue weighted by Crippen LogP contribution is -2.57. The average Bonchev–Trinajstić information content (AvgIpc) is 2.83. The Morgan fingerprint density at radius 2 is 1.52 bits per heavy atom. The Morgan fingerprint density at radius 1 is 1.00 bits per heavy atom. The highest BCUT2D eigenvalue weighted by Crippen LogP contribution is 2.29. The third-order valence-corrected chi connectivity index (χ3v) is 4.11. The van der Waals surface area contributed by atoms with Crippen molar-refractivity contribution in [3.63, 3.8) is 0 Å². The fourth-order valence-electron chi connectivity index (χ4n) is 2.57. The van der Waals surface area contributed by atoms with Crippen molar-refractivity contribution in [1.29, 1.82) is 0 Å². The molecule has 8 heteroatoms. The monoisotopic (exact) mass is 350 g/mol. The molecular weight excluding hydrogens is 328 g/mol. The fourth-order valence-corrected chi connectivity index (χ4v) is 2.57. The number of hydrogen-bond donors (Lipinski definition) is 4. The molecule has 0 aliphatic carbocycles. The second-order valence-electron chi connectivity index (χ2n) is 7.09. The van der Waals surface area contributed by atoms with Crippen molar-refractivity contribution in [1.82, 2.24) is 10.2 Å². The van der Waals surface area contributed by atoms with Gasteiger partial charge in [0, 0.05) is 11.1 Å². The summed E-state index contributed by atoms with van der Waals surface area (Å²) in [6.07, 6.45) is 0. The summed E-state index contributed by atoms with van der Waals surface area (Å²) in [5.74, 6) is -1.59. The normalized spacial score (nSPS) is 14.7.